The highest BCUT2D eigenvalue weighted by Gasteiger charge is 2.27. The monoisotopic (exact) mass is 493 g/mol. The fraction of sp³-hybridized carbons (Fsp3) is 0.269. The first kappa shape index (κ1) is 22.7. The van der Waals surface area contributed by atoms with E-state index in [0.29, 0.717) is 15.7 Å². The number of nitrogens with one attached hydrogen (secondary N) is 1. The van der Waals surface area contributed by atoms with E-state index >= 15 is 0 Å². The van der Waals surface area contributed by atoms with Crippen LogP contribution in [0, 0.1) is 19.8 Å². The minimum absolute atomic E-state index is 0.0174. The summed E-state index contributed by atoms with van der Waals surface area (Å²) in [5.74, 6) is 0.953. The first-order valence-electron chi connectivity index (χ1n) is 11.3. The topological polar surface area (TPSA) is 62.5 Å². The second-order valence-electron chi connectivity index (χ2n) is 8.69. The molecule has 1 aliphatic rings. The van der Waals surface area contributed by atoms with Gasteiger partial charge in [0, 0.05) is 41.4 Å². The summed E-state index contributed by atoms with van der Waals surface area (Å²) in [4.78, 5) is 19.9. The molecule has 6 nitrogen and oxygen atoms in total. The van der Waals surface area contributed by atoms with Crippen LogP contribution in [0.15, 0.2) is 54.6 Å². The van der Waals surface area contributed by atoms with Crippen LogP contribution in [0.25, 0.3) is 16.8 Å². The Balaban J connectivity index is 1.38. The molecule has 2 aromatic carbocycles. The lowest BCUT2D eigenvalue weighted by molar-refractivity contribution is -0.120. The summed E-state index contributed by atoms with van der Waals surface area (Å²) in [6, 6.07) is 17.2. The van der Waals surface area contributed by atoms with Gasteiger partial charge in [0.2, 0.25) is 5.91 Å². The first-order valence-corrected chi connectivity index (χ1v) is 12.1. The van der Waals surface area contributed by atoms with Crippen molar-refractivity contribution in [3.8, 4) is 11.1 Å². The van der Waals surface area contributed by atoms with E-state index in [0.717, 1.165) is 59.9 Å². The summed E-state index contributed by atoms with van der Waals surface area (Å²) < 4.78 is 1.93. The van der Waals surface area contributed by atoms with Crippen molar-refractivity contribution < 1.29 is 4.79 Å². The highest BCUT2D eigenvalue weighted by molar-refractivity contribution is 6.33. The third-order valence-electron chi connectivity index (χ3n) is 6.33. The van der Waals surface area contributed by atoms with Gasteiger partial charge >= 0.3 is 0 Å². The molecule has 1 saturated heterocycles. The highest BCUT2D eigenvalue weighted by Crippen LogP contribution is 2.32. The number of piperidine rings is 1. The maximum Gasteiger partial charge on any atom is 0.227 e. The largest absolute Gasteiger partial charge is 0.356 e. The van der Waals surface area contributed by atoms with Crippen molar-refractivity contribution in [2.24, 2.45) is 5.92 Å². The van der Waals surface area contributed by atoms with Crippen LogP contribution >= 0.6 is 23.2 Å². The van der Waals surface area contributed by atoms with Crippen LogP contribution in [-0.2, 0) is 4.79 Å². The predicted octanol–water partition coefficient (Wildman–Crippen LogP) is 6.18. The van der Waals surface area contributed by atoms with Gasteiger partial charge in [-0.05, 0) is 56.5 Å². The summed E-state index contributed by atoms with van der Waals surface area (Å²) in [5.41, 5.74) is 5.37. The Morgan fingerprint density at radius 2 is 1.74 bits per heavy atom. The van der Waals surface area contributed by atoms with Crippen LogP contribution < -0.4 is 10.2 Å². The van der Waals surface area contributed by atoms with Gasteiger partial charge in [0.05, 0.1) is 16.4 Å². The van der Waals surface area contributed by atoms with Gasteiger partial charge in [-0.2, -0.15) is 9.61 Å². The van der Waals surface area contributed by atoms with Gasteiger partial charge in [-0.3, -0.25) is 4.79 Å². The third-order valence-corrected chi connectivity index (χ3v) is 6.91. The van der Waals surface area contributed by atoms with Gasteiger partial charge in [-0.25, -0.2) is 4.98 Å². The molecular weight excluding hydrogens is 469 g/mol. The minimum atomic E-state index is -0.0602. The predicted molar refractivity (Wildman–Crippen MR) is 138 cm³/mol. The summed E-state index contributed by atoms with van der Waals surface area (Å²) in [7, 11) is 0. The molecule has 0 saturated carbocycles. The van der Waals surface area contributed by atoms with Gasteiger partial charge in [0.1, 0.15) is 5.82 Å². The number of carbonyl (C=O) groups is 1. The Morgan fingerprint density at radius 1 is 1.03 bits per heavy atom. The number of hydrogen-bond acceptors (Lipinski definition) is 4. The Hall–Kier alpha value is -3.09. The number of rotatable bonds is 4. The van der Waals surface area contributed by atoms with Gasteiger partial charge in [-0.15, -0.1) is 0 Å². The van der Waals surface area contributed by atoms with E-state index in [2.05, 4.69) is 16.3 Å². The van der Waals surface area contributed by atoms with Crippen molar-refractivity contribution in [3.05, 3.63) is 76.0 Å². The third kappa shape index (κ3) is 4.36. The number of fused-ring (bicyclic) bond motifs is 1. The van der Waals surface area contributed by atoms with Gasteiger partial charge in [0.15, 0.2) is 5.65 Å². The molecule has 0 bridgehead atoms. The molecule has 34 heavy (non-hydrogen) atoms. The van der Waals surface area contributed by atoms with Crippen LogP contribution in [0.5, 0.6) is 0 Å². The number of nitrogens with zero attached hydrogens (tertiary/aromatic N) is 4. The summed E-state index contributed by atoms with van der Waals surface area (Å²) >= 11 is 12.3. The summed E-state index contributed by atoms with van der Waals surface area (Å²) in [6.45, 7) is 5.52. The summed E-state index contributed by atoms with van der Waals surface area (Å²) in [6.07, 6.45) is 1.51. The lowest BCUT2D eigenvalue weighted by atomic mass is 9.95. The second kappa shape index (κ2) is 9.28. The molecule has 8 heteroatoms. The Bertz CT molecular complexity index is 1360. The van der Waals surface area contributed by atoms with Crippen LogP contribution in [0.2, 0.25) is 10.0 Å². The average molecular weight is 494 g/mol. The minimum Gasteiger partial charge on any atom is -0.356 e. The smallest absolute Gasteiger partial charge is 0.227 e. The van der Waals surface area contributed by atoms with Crippen LogP contribution in [0.4, 0.5) is 11.5 Å². The Labute approximate surface area is 208 Å². The molecule has 5 rings (SSSR count). The van der Waals surface area contributed by atoms with E-state index in [4.69, 9.17) is 33.3 Å². The molecule has 4 aromatic rings. The number of halogens is 2. The normalized spacial score (nSPS) is 14.5. The van der Waals surface area contributed by atoms with E-state index < -0.39 is 0 Å². The molecule has 1 amide bonds. The average Bonchev–Trinajstić information content (AvgIpc) is 3.16. The molecule has 1 fully saturated rings. The molecule has 0 atom stereocenters. The lowest BCUT2D eigenvalue weighted by Crippen LogP contribution is -2.39. The number of amides is 1. The maximum absolute atomic E-state index is 12.8. The van der Waals surface area contributed by atoms with Gasteiger partial charge < -0.3 is 10.2 Å². The molecule has 2 aromatic heterocycles. The zero-order valence-electron chi connectivity index (χ0n) is 19.1. The van der Waals surface area contributed by atoms with Gasteiger partial charge in [-0.1, -0.05) is 47.5 Å². The van der Waals surface area contributed by atoms with Crippen LogP contribution in [0.1, 0.15) is 24.2 Å². The van der Waals surface area contributed by atoms with E-state index in [1.54, 1.807) is 6.07 Å². The fourth-order valence-corrected chi connectivity index (χ4v) is 4.88. The number of anilines is 2. The van der Waals surface area contributed by atoms with Crippen molar-refractivity contribution >= 4 is 46.3 Å². The number of aromatic nitrogens is 3. The molecule has 174 valence electrons. The van der Waals surface area contributed by atoms with Crippen molar-refractivity contribution in [1.29, 1.82) is 0 Å². The number of aryl methyl sites for hydroxylation is 2. The van der Waals surface area contributed by atoms with E-state index in [1.165, 1.54) is 0 Å². The van der Waals surface area contributed by atoms with Crippen molar-refractivity contribution in [1.82, 2.24) is 14.6 Å². The Morgan fingerprint density at radius 3 is 2.44 bits per heavy atom. The number of carbonyl (C=O) groups excluding carboxylic acids is 1. The highest BCUT2D eigenvalue weighted by atomic mass is 35.5. The molecule has 3 heterocycles. The number of para-hydroxylation sites is 1. The zero-order chi connectivity index (χ0) is 23.8. The van der Waals surface area contributed by atoms with E-state index in [9.17, 15) is 4.79 Å². The standard InChI is InChI=1S/C26H25Cl2N5O/c1-16-15-23(33-25(29-16)24(17(2)31-33)18-7-9-20(27)10-8-18)32-13-11-19(12-14-32)26(34)30-22-6-4-3-5-21(22)28/h3-10,15,19H,11-14H2,1-2H3,(H,30,34). The number of benzene rings is 2. The van der Waals surface area contributed by atoms with Crippen molar-refractivity contribution in [2.75, 3.05) is 23.3 Å². The molecule has 1 N–H and O–H groups in total. The van der Waals surface area contributed by atoms with Gasteiger partial charge in [0.25, 0.3) is 0 Å². The van der Waals surface area contributed by atoms with Crippen LogP contribution in [-0.4, -0.2) is 33.6 Å². The van der Waals surface area contributed by atoms with E-state index in [-0.39, 0.29) is 11.8 Å². The molecule has 0 spiro atoms. The summed E-state index contributed by atoms with van der Waals surface area (Å²) in [5, 5.41) is 9.06. The molecule has 1 aliphatic heterocycles. The quantitative estimate of drug-likeness (QED) is 0.368. The van der Waals surface area contributed by atoms with Crippen molar-refractivity contribution in [3.63, 3.8) is 0 Å². The lowest BCUT2D eigenvalue weighted by Gasteiger charge is -2.33. The number of hydrogen-bond donors (Lipinski definition) is 1. The zero-order valence-corrected chi connectivity index (χ0v) is 20.6. The second-order valence-corrected chi connectivity index (χ2v) is 9.53. The molecule has 0 unspecified atom stereocenters. The first-order chi connectivity index (χ1) is 16.4. The van der Waals surface area contributed by atoms with Crippen LogP contribution in [0.3, 0.4) is 0 Å². The molecule has 0 radical (unpaired) electrons. The Kier molecular flexibility index (Phi) is 6.19. The molecular formula is C26H25Cl2N5O. The van der Waals surface area contributed by atoms with E-state index in [1.807, 2.05) is 60.8 Å². The fourth-order valence-electron chi connectivity index (χ4n) is 4.57. The van der Waals surface area contributed by atoms with Crippen molar-refractivity contribution in [2.45, 2.75) is 26.7 Å². The maximum atomic E-state index is 12.8. The SMILES string of the molecule is Cc1cc(N2CCC(C(=O)Nc3ccccc3Cl)CC2)n2nc(C)c(-c3ccc(Cl)cc3)c2n1. The molecule has 0 aliphatic carbocycles.